The Kier molecular flexibility index (Phi) is 5.15. The van der Waals surface area contributed by atoms with Gasteiger partial charge in [0.05, 0.1) is 13.2 Å². The molecule has 2 fully saturated rings. The average Bonchev–Trinajstić information content (AvgIpc) is 3.18. The predicted molar refractivity (Wildman–Crippen MR) is 105 cm³/mol. The molecule has 2 aliphatic rings. The number of likely N-dealkylation sites (tertiary alicyclic amines) is 1. The van der Waals surface area contributed by atoms with Crippen LogP contribution in [0.4, 0.5) is 5.69 Å². The minimum atomic E-state index is -0.507. The van der Waals surface area contributed by atoms with Crippen molar-refractivity contribution in [1.29, 1.82) is 0 Å². The second kappa shape index (κ2) is 7.73. The van der Waals surface area contributed by atoms with E-state index in [0.717, 1.165) is 11.3 Å². The minimum Gasteiger partial charge on any atom is -0.347 e. The van der Waals surface area contributed by atoms with Crippen LogP contribution in [-0.4, -0.2) is 48.8 Å². The summed E-state index contributed by atoms with van der Waals surface area (Å²) >= 11 is 0. The number of carbonyl (C=O) groups is 2. The number of piperidine rings is 1. The smallest absolute Gasteiger partial charge is 0.255 e. The van der Waals surface area contributed by atoms with E-state index in [-0.39, 0.29) is 11.8 Å². The Bertz CT molecular complexity index is 862. The average molecular weight is 380 g/mol. The van der Waals surface area contributed by atoms with Crippen LogP contribution in [0.2, 0.25) is 0 Å². The van der Waals surface area contributed by atoms with Gasteiger partial charge in [0.2, 0.25) is 0 Å². The molecule has 2 saturated heterocycles. The topological polar surface area (TPSA) is 67.9 Å². The van der Waals surface area contributed by atoms with Gasteiger partial charge in [-0.3, -0.25) is 9.59 Å². The summed E-state index contributed by atoms with van der Waals surface area (Å²) in [5.41, 5.74) is 2.83. The van der Waals surface area contributed by atoms with E-state index in [9.17, 15) is 9.59 Å². The Labute approximate surface area is 164 Å². The lowest BCUT2D eigenvalue weighted by Gasteiger charge is -2.37. The normalized spacial score (nSPS) is 18.2. The molecule has 2 amide bonds. The van der Waals surface area contributed by atoms with Gasteiger partial charge in [-0.05, 0) is 37.3 Å². The molecular formula is C22H24N2O4. The maximum Gasteiger partial charge on any atom is 0.255 e. The van der Waals surface area contributed by atoms with Crippen LogP contribution in [0.25, 0.3) is 0 Å². The van der Waals surface area contributed by atoms with Crippen molar-refractivity contribution in [1.82, 2.24) is 4.90 Å². The number of hydrogen-bond donors (Lipinski definition) is 1. The molecule has 6 nitrogen and oxygen atoms in total. The molecule has 2 aliphatic heterocycles. The lowest BCUT2D eigenvalue weighted by molar-refractivity contribution is -0.181. The Balaban J connectivity index is 1.42. The first kappa shape index (κ1) is 18.7. The number of anilines is 1. The van der Waals surface area contributed by atoms with Crippen LogP contribution in [0, 0.1) is 6.92 Å². The molecule has 6 heteroatoms. The van der Waals surface area contributed by atoms with Crippen molar-refractivity contribution in [2.75, 3.05) is 31.6 Å². The summed E-state index contributed by atoms with van der Waals surface area (Å²) in [6.07, 6.45) is 1.35. The van der Waals surface area contributed by atoms with Crippen LogP contribution >= 0.6 is 0 Å². The van der Waals surface area contributed by atoms with E-state index in [4.69, 9.17) is 9.47 Å². The summed E-state index contributed by atoms with van der Waals surface area (Å²) in [5, 5.41) is 2.87. The second-order valence-corrected chi connectivity index (χ2v) is 7.30. The summed E-state index contributed by atoms with van der Waals surface area (Å²) in [6.45, 7) is 4.39. The quantitative estimate of drug-likeness (QED) is 0.888. The number of rotatable bonds is 3. The highest BCUT2D eigenvalue weighted by Crippen LogP contribution is 2.31. The summed E-state index contributed by atoms with van der Waals surface area (Å²) in [6, 6.07) is 14.5. The number of ether oxygens (including phenoxy) is 2. The molecule has 146 valence electrons. The van der Waals surface area contributed by atoms with Crippen molar-refractivity contribution < 1.29 is 19.1 Å². The third-order valence-corrected chi connectivity index (χ3v) is 5.31. The molecule has 0 saturated carbocycles. The summed E-state index contributed by atoms with van der Waals surface area (Å²) in [7, 11) is 0. The summed E-state index contributed by atoms with van der Waals surface area (Å²) in [5.74, 6) is -0.811. The Morgan fingerprint density at radius 1 is 0.964 bits per heavy atom. The van der Waals surface area contributed by atoms with Crippen LogP contribution < -0.4 is 5.32 Å². The lowest BCUT2D eigenvalue weighted by Crippen LogP contribution is -2.47. The number of amides is 2. The Morgan fingerprint density at radius 2 is 1.61 bits per heavy atom. The van der Waals surface area contributed by atoms with Gasteiger partial charge in [-0.15, -0.1) is 0 Å². The summed E-state index contributed by atoms with van der Waals surface area (Å²) < 4.78 is 11.4. The molecule has 0 atom stereocenters. The van der Waals surface area contributed by atoms with Crippen LogP contribution in [0.1, 0.15) is 39.1 Å². The SMILES string of the molecule is Cc1ccc(NC(=O)c2cccc(C(=O)N3CCC4(CC3)OCCO4)c2)cc1. The van der Waals surface area contributed by atoms with Crippen molar-refractivity contribution in [3.05, 3.63) is 65.2 Å². The van der Waals surface area contributed by atoms with Gasteiger partial charge in [0.1, 0.15) is 0 Å². The maximum atomic E-state index is 12.9. The molecule has 28 heavy (non-hydrogen) atoms. The first-order valence-electron chi connectivity index (χ1n) is 9.60. The highest BCUT2D eigenvalue weighted by Gasteiger charge is 2.40. The number of nitrogens with zero attached hydrogens (tertiary/aromatic N) is 1. The number of hydrogen-bond acceptors (Lipinski definition) is 4. The molecule has 2 aromatic carbocycles. The van der Waals surface area contributed by atoms with E-state index in [2.05, 4.69) is 5.32 Å². The molecule has 0 unspecified atom stereocenters. The fourth-order valence-corrected chi connectivity index (χ4v) is 3.65. The lowest BCUT2D eigenvalue weighted by atomic mass is 10.0. The molecule has 2 heterocycles. The van der Waals surface area contributed by atoms with E-state index in [1.54, 1.807) is 29.2 Å². The molecule has 0 radical (unpaired) electrons. The van der Waals surface area contributed by atoms with Crippen molar-refractivity contribution >= 4 is 17.5 Å². The molecule has 1 N–H and O–H groups in total. The van der Waals surface area contributed by atoms with E-state index >= 15 is 0 Å². The Morgan fingerprint density at radius 3 is 2.29 bits per heavy atom. The van der Waals surface area contributed by atoms with Gasteiger partial charge in [0.25, 0.3) is 11.8 Å². The first-order chi connectivity index (χ1) is 13.5. The van der Waals surface area contributed by atoms with Crippen LogP contribution in [0.3, 0.4) is 0 Å². The molecule has 0 aromatic heterocycles. The van der Waals surface area contributed by atoms with Gasteiger partial charge in [-0.25, -0.2) is 0 Å². The minimum absolute atomic E-state index is 0.0715. The van der Waals surface area contributed by atoms with Crippen LogP contribution in [0.5, 0.6) is 0 Å². The molecule has 0 bridgehead atoms. The monoisotopic (exact) mass is 380 g/mol. The van der Waals surface area contributed by atoms with E-state index in [1.165, 1.54) is 0 Å². The zero-order chi connectivity index (χ0) is 19.6. The number of nitrogens with one attached hydrogen (secondary N) is 1. The standard InChI is InChI=1S/C22H24N2O4/c1-16-5-7-19(8-6-16)23-20(25)17-3-2-4-18(15-17)21(26)24-11-9-22(10-12-24)27-13-14-28-22/h2-8,15H,9-14H2,1H3,(H,23,25). The van der Waals surface area contributed by atoms with E-state index in [1.807, 2.05) is 31.2 Å². The number of carbonyl (C=O) groups excluding carboxylic acids is 2. The fraction of sp³-hybridized carbons (Fsp3) is 0.364. The maximum absolute atomic E-state index is 12.9. The zero-order valence-electron chi connectivity index (χ0n) is 15.9. The summed E-state index contributed by atoms with van der Waals surface area (Å²) in [4.78, 5) is 27.2. The van der Waals surface area contributed by atoms with Gasteiger partial charge >= 0.3 is 0 Å². The highest BCUT2D eigenvalue weighted by molar-refractivity contribution is 6.06. The first-order valence-corrected chi connectivity index (χ1v) is 9.60. The molecule has 1 spiro atoms. The van der Waals surface area contributed by atoms with Crippen molar-refractivity contribution in [2.45, 2.75) is 25.6 Å². The van der Waals surface area contributed by atoms with Gasteiger partial charge in [-0.1, -0.05) is 23.8 Å². The third kappa shape index (κ3) is 3.93. The molecular weight excluding hydrogens is 356 g/mol. The van der Waals surface area contributed by atoms with Crippen molar-refractivity contribution in [3.63, 3.8) is 0 Å². The molecule has 2 aromatic rings. The van der Waals surface area contributed by atoms with Crippen LogP contribution in [0.15, 0.2) is 48.5 Å². The zero-order valence-corrected chi connectivity index (χ0v) is 15.9. The van der Waals surface area contributed by atoms with Gasteiger partial charge < -0.3 is 19.7 Å². The van der Waals surface area contributed by atoms with Gasteiger partial charge in [0, 0.05) is 42.7 Å². The van der Waals surface area contributed by atoms with Gasteiger partial charge in [0.15, 0.2) is 5.79 Å². The third-order valence-electron chi connectivity index (χ3n) is 5.31. The number of aryl methyl sites for hydroxylation is 1. The molecule has 4 rings (SSSR count). The van der Waals surface area contributed by atoms with E-state index in [0.29, 0.717) is 50.3 Å². The predicted octanol–water partition coefficient (Wildman–Crippen LogP) is 3.23. The Hall–Kier alpha value is -2.70. The van der Waals surface area contributed by atoms with E-state index < -0.39 is 5.79 Å². The highest BCUT2D eigenvalue weighted by atomic mass is 16.7. The van der Waals surface area contributed by atoms with Crippen molar-refractivity contribution in [2.24, 2.45) is 0 Å². The van der Waals surface area contributed by atoms with Crippen LogP contribution in [-0.2, 0) is 9.47 Å². The molecule has 0 aliphatic carbocycles. The van der Waals surface area contributed by atoms with Gasteiger partial charge in [-0.2, -0.15) is 0 Å². The largest absolute Gasteiger partial charge is 0.347 e. The second-order valence-electron chi connectivity index (χ2n) is 7.30. The fourth-order valence-electron chi connectivity index (χ4n) is 3.65. The van der Waals surface area contributed by atoms with Crippen molar-refractivity contribution in [3.8, 4) is 0 Å². The number of benzene rings is 2.